The average Bonchev–Trinajstić information content (AvgIpc) is 2.46. The summed E-state index contributed by atoms with van der Waals surface area (Å²) in [6, 6.07) is 3.14. The van der Waals surface area contributed by atoms with E-state index in [9.17, 15) is 20.4 Å². The first-order chi connectivity index (χ1) is 10.7. The van der Waals surface area contributed by atoms with Crippen LogP contribution in [-0.2, 0) is 12.8 Å². The summed E-state index contributed by atoms with van der Waals surface area (Å²) in [7, 11) is 0. The fourth-order valence-electron chi connectivity index (χ4n) is 2.61. The van der Waals surface area contributed by atoms with Crippen molar-refractivity contribution in [3.8, 4) is 11.5 Å². The first kappa shape index (κ1) is 18.0. The summed E-state index contributed by atoms with van der Waals surface area (Å²) < 4.78 is 5.68. The van der Waals surface area contributed by atoms with Crippen molar-refractivity contribution in [3.05, 3.63) is 23.3 Å². The summed E-state index contributed by atoms with van der Waals surface area (Å²) in [6.45, 7) is 6.57. The molecule has 1 aromatic rings. The van der Waals surface area contributed by atoms with Crippen LogP contribution in [0.5, 0.6) is 11.5 Å². The molecule has 0 aromatic heterocycles. The maximum Gasteiger partial charge on any atom is 0.123 e. The van der Waals surface area contributed by atoms with E-state index in [0.717, 1.165) is 0 Å². The molecule has 0 saturated carbocycles. The fraction of sp³-hybridized carbons (Fsp3) is 0.647. The van der Waals surface area contributed by atoms with Gasteiger partial charge in [0, 0.05) is 36.1 Å². The van der Waals surface area contributed by atoms with Gasteiger partial charge in [-0.05, 0) is 32.9 Å². The van der Waals surface area contributed by atoms with Gasteiger partial charge in [0.15, 0.2) is 0 Å². The number of nitrogens with one attached hydrogen (secondary N) is 1. The van der Waals surface area contributed by atoms with E-state index in [1.54, 1.807) is 6.07 Å². The van der Waals surface area contributed by atoms with Crippen LogP contribution < -0.4 is 10.1 Å². The van der Waals surface area contributed by atoms with Gasteiger partial charge in [-0.1, -0.05) is 0 Å². The van der Waals surface area contributed by atoms with Crippen molar-refractivity contribution in [2.24, 2.45) is 0 Å². The Kier molecular flexibility index (Phi) is 5.52. The van der Waals surface area contributed by atoms with Crippen molar-refractivity contribution in [2.45, 2.75) is 57.5 Å². The van der Waals surface area contributed by atoms with E-state index in [1.165, 1.54) is 6.07 Å². The number of ether oxygens (including phenoxy) is 1. The van der Waals surface area contributed by atoms with Gasteiger partial charge in [0.05, 0.1) is 12.2 Å². The smallest absolute Gasteiger partial charge is 0.123 e. The number of hydrogen-bond donors (Lipinski definition) is 5. The number of phenolic OH excluding ortho intramolecular Hbond substituents is 1. The summed E-state index contributed by atoms with van der Waals surface area (Å²) in [5, 5.41) is 42.7. The molecule has 0 amide bonds. The standard InChI is InChI=1S/C17H27NO5/c1-17(2,3)18-8-10(19)9-23-16-5-4-13(20)11-6-14(21)15(22)7-12(11)16/h4-5,10,14-15,18-22H,6-9H2,1-3H3/t10?,14-,15+/m1/s1. The van der Waals surface area contributed by atoms with Crippen molar-refractivity contribution in [2.75, 3.05) is 13.2 Å². The molecule has 1 aliphatic rings. The Labute approximate surface area is 136 Å². The van der Waals surface area contributed by atoms with Crippen molar-refractivity contribution >= 4 is 0 Å². The van der Waals surface area contributed by atoms with Crippen LogP contribution >= 0.6 is 0 Å². The molecular weight excluding hydrogens is 298 g/mol. The lowest BCUT2D eigenvalue weighted by atomic mass is 9.86. The number of β-amino-alcohol motifs (C(OH)–C–C–N with tert-alkyl or cyclic N) is 1. The monoisotopic (exact) mass is 325 g/mol. The molecule has 5 N–H and O–H groups in total. The molecule has 130 valence electrons. The molecule has 2 rings (SSSR count). The SMILES string of the molecule is CC(C)(C)NCC(O)COc1ccc(O)c2c1C[C@H](O)[C@H](O)C2. The third kappa shape index (κ3) is 4.81. The zero-order valence-corrected chi connectivity index (χ0v) is 13.9. The molecule has 1 aromatic carbocycles. The summed E-state index contributed by atoms with van der Waals surface area (Å²) in [5.41, 5.74) is 1.21. The molecule has 0 bridgehead atoms. The summed E-state index contributed by atoms with van der Waals surface area (Å²) in [5.74, 6) is 0.617. The van der Waals surface area contributed by atoms with Gasteiger partial charge in [-0.2, -0.15) is 0 Å². The maximum atomic E-state index is 10.0. The van der Waals surface area contributed by atoms with Gasteiger partial charge in [0.2, 0.25) is 0 Å². The highest BCUT2D eigenvalue weighted by Gasteiger charge is 2.29. The molecule has 6 heteroatoms. The molecule has 1 aliphatic carbocycles. The van der Waals surface area contributed by atoms with Gasteiger partial charge in [-0.15, -0.1) is 0 Å². The van der Waals surface area contributed by atoms with Gasteiger partial charge < -0.3 is 30.5 Å². The van der Waals surface area contributed by atoms with Crippen LogP contribution in [0.4, 0.5) is 0 Å². The topological polar surface area (TPSA) is 102 Å². The lowest BCUT2D eigenvalue weighted by Gasteiger charge is -2.28. The Hall–Kier alpha value is -1.34. The number of hydrogen-bond acceptors (Lipinski definition) is 6. The Bertz CT molecular complexity index is 541. The third-order valence-corrected chi connectivity index (χ3v) is 3.93. The quantitative estimate of drug-likeness (QED) is 0.535. The van der Waals surface area contributed by atoms with E-state index in [2.05, 4.69) is 5.32 Å². The van der Waals surface area contributed by atoms with E-state index in [1.807, 2.05) is 20.8 Å². The van der Waals surface area contributed by atoms with E-state index >= 15 is 0 Å². The molecule has 3 atom stereocenters. The Morgan fingerprint density at radius 1 is 1.17 bits per heavy atom. The van der Waals surface area contributed by atoms with Gasteiger partial charge in [-0.25, -0.2) is 0 Å². The molecule has 6 nitrogen and oxygen atoms in total. The highest BCUT2D eigenvalue weighted by atomic mass is 16.5. The predicted octanol–water partition coefficient (Wildman–Crippen LogP) is 0.340. The van der Waals surface area contributed by atoms with Gasteiger partial charge in [-0.3, -0.25) is 0 Å². The Morgan fingerprint density at radius 2 is 1.78 bits per heavy atom. The molecule has 0 spiro atoms. The average molecular weight is 325 g/mol. The first-order valence-corrected chi connectivity index (χ1v) is 7.93. The van der Waals surface area contributed by atoms with Crippen LogP contribution in [0.3, 0.4) is 0 Å². The second-order valence-electron chi connectivity index (χ2n) is 7.18. The van der Waals surface area contributed by atoms with E-state index in [0.29, 0.717) is 23.4 Å². The maximum absolute atomic E-state index is 10.0. The number of aromatic hydroxyl groups is 1. The number of phenols is 1. The number of rotatable bonds is 5. The second kappa shape index (κ2) is 7.05. The summed E-state index contributed by atoms with van der Waals surface area (Å²) >= 11 is 0. The first-order valence-electron chi connectivity index (χ1n) is 7.93. The Morgan fingerprint density at radius 3 is 2.39 bits per heavy atom. The predicted molar refractivity (Wildman–Crippen MR) is 86.8 cm³/mol. The summed E-state index contributed by atoms with van der Waals surface area (Å²) in [4.78, 5) is 0. The van der Waals surface area contributed by atoms with Crippen molar-refractivity contribution in [1.29, 1.82) is 0 Å². The molecule has 1 unspecified atom stereocenters. The highest BCUT2D eigenvalue weighted by molar-refractivity contribution is 5.50. The van der Waals surface area contributed by atoms with Crippen LogP contribution in [0.1, 0.15) is 31.9 Å². The molecule has 0 radical (unpaired) electrons. The van der Waals surface area contributed by atoms with Gasteiger partial charge in [0.1, 0.15) is 24.2 Å². The lowest BCUT2D eigenvalue weighted by Crippen LogP contribution is -2.42. The molecular formula is C17H27NO5. The van der Waals surface area contributed by atoms with Gasteiger partial charge in [0.25, 0.3) is 0 Å². The minimum absolute atomic E-state index is 0.0844. The summed E-state index contributed by atoms with van der Waals surface area (Å²) in [6.07, 6.45) is -2.02. The van der Waals surface area contributed by atoms with E-state index < -0.39 is 18.3 Å². The minimum atomic E-state index is -0.884. The highest BCUT2D eigenvalue weighted by Crippen LogP contribution is 2.35. The van der Waals surface area contributed by atoms with Gasteiger partial charge >= 0.3 is 0 Å². The van der Waals surface area contributed by atoms with Crippen molar-refractivity contribution in [1.82, 2.24) is 5.32 Å². The molecule has 0 saturated heterocycles. The third-order valence-electron chi connectivity index (χ3n) is 3.93. The van der Waals surface area contributed by atoms with Crippen LogP contribution in [0, 0.1) is 0 Å². The van der Waals surface area contributed by atoms with E-state index in [4.69, 9.17) is 4.74 Å². The van der Waals surface area contributed by atoms with Crippen molar-refractivity contribution in [3.63, 3.8) is 0 Å². The zero-order valence-electron chi connectivity index (χ0n) is 13.9. The van der Waals surface area contributed by atoms with Crippen LogP contribution in [0.15, 0.2) is 12.1 Å². The lowest BCUT2D eigenvalue weighted by molar-refractivity contribution is 0.0127. The van der Waals surface area contributed by atoms with Crippen LogP contribution in [0.2, 0.25) is 0 Å². The number of fused-ring (bicyclic) bond motifs is 1. The fourth-order valence-corrected chi connectivity index (χ4v) is 2.61. The van der Waals surface area contributed by atoms with Crippen molar-refractivity contribution < 1.29 is 25.2 Å². The molecule has 23 heavy (non-hydrogen) atoms. The van der Waals surface area contributed by atoms with E-state index in [-0.39, 0.29) is 30.7 Å². The normalized spacial score (nSPS) is 22.5. The number of aliphatic hydroxyl groups is 3. The number of benzene rings is 1. The zero-order chi connectivity index (χ0) is 17.2. The molecule has 0 aliphatic heterocycles. The van der Waals surface area contributed by atoms with Crippen LogP contribution in [-0.4, -0.2) is 57.4 Å². The molecule has 0 heterocycles. The second-order valence-corrected chi connectivity index (χ2v) is 7.18. The minimum Gasteiger partial charge on any atom is -0.508 e. The number of aliphatic hydroxyl groups excluding tert-OH is 3. The molecule has 0 fully saturated rings. The Balaban J connectivity index is 2.03. The largest absolute Gasteiger partial charge is 0.508 e. The van der Waals surface area contributed by atoms with Crippen LogP contribution in [0.25, 0.3) is 0 Å².